The Kier molecular flexibility index (Phi) is 3.79. The van der Waals surface area contributed by atoms with E-state index in [-0.39, 0.29) is 11.5 Å². The maximum atomic E-state index is 11.9. The maximum Gasteiger partial charge on any atom is 0.155 e. The standard InChI is InChI=1S/C21H30O2/c1-3-4-13-11-14-12-15(22)5-6-16(14)17-9-10-21(2)18(20(13)17)7-8-19(21)23/h3-4,12-13,16-20,23H,5-11H2,1-2H3/b4-3+/t13-,16+,17-,18+,19+,20-,21+/m1/s1. The lowest BCUT2D eigenvalue weighted by molar-refractivity contribution is -0.116. The maximum absolute atomic E-state index is 11.9. The predicted molar refractivity (Wildman–Crippen MR) is 91.8 cm³/mol. The van der Waals surface area contributed by atoms with E-state index in [1.54, 1.807) is 0 Å². The second-order valence-corrected chi connectivity index (χ2v) is 8.71. The Hall–Kier alpha value is -0.890. The zero-order valence-electron chi connectivity index (χ0n) is 14.5. The van der Waals surface area contributed by atoms with Crippen LogP contribution in [0.4, 0.5) is 0 Å². The van der Waals surface area contributed by atoms with Crippen molar-refractivity contribution in [2.24, 2.45) is 35.0 Å². The molecule has 0 amide bonds. The smallest absolute Gasteiger partial charge is 0.155 e. The molecule has 0 heterocycles. The van der Waals surface area contributed by atoms with E-state index in [4.69, 9.17) is 0 Å². The second-order valence-electron chi connectivity index (χ2n) is 8.71. The number of allylic oxidation sites excluding steroid dienone is 3. The van der Waals surface area contributed by atoms with Crippen LogP contribution in [0.5, 0.6) is 0 Å². The van der Waals surface area contributed by atoms with Gasteiger partial charge in [0.15, 0.2) is 5.78 Å². The van der Waals surface area contributed by atoms with Crippen LogP contribution in [0.1, 0.15) is 58.8 Å². The summed E-state index contributed by atoms with van der Waals surface area (Å²) in [5, 5.41) is 10.6. The summed E-state index contributed by atoms with van der Waals surface area (Å²) < 4.78 is 0. The Bertz CT molecular complexity index is 560. The number of aliphatic hydroxyl groups excluding tert-OH is 1. The number of rotatable bonds is 1. The molecule has 1 N–H and O–H groups in total. The molecule has 0 aromatic heterocycles. The van der Waals surface area contributed by atoms with E-state index < -0.39 is 0 Å². The summed E-state index contributed by atoms with van der Waals surface area (Å²) in [6.45, 7) is 4.46. The van der Waals surface area contributed by atoms with Crippen molar-refractivity contribution in [1.82, 2.24) is 0 Å². The van der Waals surface area contributed by atoms with Crippen LogP contribution in [0.25, 0.3) is 0 Å². The fraction of sp³-hybridized carbons (Fsp3) is 0.762. The highest BCUT2D eigenvalue weighted by Gasteiger charge is 2.57. The van der Waals surface area contributed by atoms with Crippen molar-refractivity contribution < 1.29 is 9.90 Å². The lowest BCUT2D eigenvalue weighted by Crippen LogP contribution is -2.50. The van der Waals surface area contributed by atoms with Gasteiger partial charge in [0.2, 0.25) is 0 Å². The molecule has 0 spiro atoms. The number of hydrogen-bond acceptors (Lipinski definition) is 2. The number of carbonyl (C=O) groups is 1. The van der Waals surface area contributed by atoms with Gasteiger partial charge in [-0.05, 0) is 86.5 Å². The number of fused-ring (bicyclic) bond motifs is 5. The Morgan fingerprint density at radius 3 is 2.87 bits per heavy atom. The normalized spacial score (nSPS) is 49.5. The number of ketones is 1. The molecule has 126 valence electrons. The predicted octanol–water partition coefficient (Wildman–Crippen LogP) is 4.29. The monoisotopic (exact) mass is 314 g/mol. The highest BCUT2D eigenvalue weighted by Crippen LogP contribution is 2.63. The summed E-state index contributed by atoms with van der Waals surface area (Å²) in [6, 6.07) is 0. The fourth-order valence-corrected chi connectivity index (χ4v) is 6.70. The average molecular weight is 314 g/mol. The summed E-state index contributed by atoms with van der Waals surface area (Å²) in [7, 11) is 0. The quantitative estimate of drug-likeness (QED) is 0.733. The van der Waals surface area contributed by atoms with Crippen LogP contribution in [0.15, 0.2) is 23.8 Å². The van der Waals surface area contributed by atoms with Crippen molar-refractivity contribution >= 4 is 5.78 Å². The molecular formula is C21H30O2. The van der Waals surface area contributed by atoms with Crippen molar-refractivity contribution in [2.45, 2.75) is 64.9 Å². The third kappa shape index (κ3) is 2.28. The van der Waals surface area contributed by atoms with Gasteiger partial charge >= 0.3 is 0 Å². The average Bonchev–Trinajstić information content (AvgIpc) is 2.83. The van der Waals surface area contributed by atoms with E-state index in [1.165, 1.54) is 24.8 Å². The van der Waals surface area contributed by atoms with Crippen LogP contribution in [-0.2, 0) is 4.79 Å². The molecule has 7 atom stereocenters. The SMILES string of the molecule is C/C=C/[C@@H]1CC2=CC(=O)CC[C@@H]2[C@H]2CC[C@]3(C)[C@@H](O)CC[C@H]3[C@@H]21. The van der Waals surface area contributed by atoms with Crippen LogP contribution in [0.3, 0.4) is 0 Å². The van der Waals surface area contributed by atoms with Crippen LogP contribution < -0.4 is 0 Å². The Balaban J connectivity index is 1.72. The molecule has 23 heavy (non-hydrogen) atoms. The Morgan fingerprint density at radius 1 is 1.26 bits per heavy atom. The van der Waals surface area contributed by atoms with Gasteiger partial charge < -0.3 is 5.11 Å². The van der Waals surface area contributed by atoms with Crippen LogP contribution in [-0.4, -0.2) is 17.0 Å². The van der Waals surface area contributed by atoms with Crippen molar-refractivity contribution in [2.75, 3.05) is 0 Å². The van der Waals surface area contributed by atoms with Gasteiger partial charge in [0, 0.05) is 6.42 Å². The zero-order chi connectivity index (χ0) is 16.2. The van der Waals surface area contributed by atoms with Gasteiger partial charge in [-0.15, -0.1) is 0 Å². The molecular weight excluding hydrogens is 284 g/mol. The summed E-state index contributed by atoms with van der Waals surface area (Å²) in [6.07, 6.45) is 13.9. The molecule has 0 saturated heterocycles. The summed E-state index contributed by atoms with van der Waals surface area (Å²) in [5.74, 6) is 3.64. The molecule has 4 rings (SSSR count). The number of hydrogen-bond donors (Lipinski definition) is 1. The van der Waals surface area contributed by atoms with Gasteiger partial charge in [0.05, 0.1) is 6.10 Å². The molecule has 0 aromatic rings. The van der Waals surface area contributed by atoms with Gasteiger partial charge in [0.25, 0.3) is 0 Å². The first kappa shape index (κ1) is 15.6. The summed E-state index contributed by atoms with van der Waals surface area (Å²) in [4.78, 5) is 11.9. The zero-order valence-corrected chi connectivity index (χ0v) is 14.5. The van der Waals surface area contributed by atoms with Crippen LogP contribution in [0.2, 0.25) is 0 Å². The van der Waals surface area contributed by atoms with E-state index >= 15 is 0 Å². The van der Waals surface area contributed by atoms with Gasteiger partial charge in [0.1, 0.15) is 0 Å². The largest absolute Gasteiger partial charge is 0.393 e. The molecule has 0 aromatic carbocycles. The molecule has 2 nitrogen and oxygen atoms in total. The lowest BCUT2D eigenvalue weighted by atomic mass is 9.49. The van der Waals surface area contributed by atoms with Gasteiger partial charge in [-0.25, -0.2) is 0 Å². The highest BCUT2D eigenvalue weighted by atomic mass is 16.3. The van der Waals surface area contributed by atoms with Crippen LogP contribution in [0, 0.1) is 35.0 Å². The number of carbonyl (C=O) groups excluding carboxylic acids is 1. The van der Waals surface area contributed by atoms with E-state index in [2.05, 4.69) is 26.0 Å². The topological polar surface area (TPSA) is 37.3 Å². The third-order valence-electron chi connectivity index (χ3n) is 7.78. The Morgan fingerprint density at radius 2 is 2.09 bits per heavy atom. The Labute approximate surface area is 140 Å². The minimum absolute atomic E-state index is 0.107. The van der Waals surface area contributed by atoms with E-state index in [0.29, 0.717) is 29.5 Å². The van der Waals surface area contributed by atoms with Gasteiger partial charge in [-0.1, -0.05) is 24.6 Å². The van der Waals surface area contributed by atoms with Crippen molar-refractivity contribution in [3.63, 3.8) is 0 Å². The molecule has 0 bridgehead atoms. The highest BCUT2D eigenvalue weighted by molar-refractivity contribution is 5.91. The lowest BCUT2D eigenvalue weighted by Gasteiger charge is -2.55. The van der Waals surface area contributed by atoms with E-state index in [9.17, 15) is 9.90 Å². The minimum Gasteiger partial charge on any atom is -0.393 e. The number of aliphatic hydroxyl groups is 1. The fourth-order valence-electron chi connectivity index (χ4n) is 6.70. The first-order valence-electron chi connectivity index (χ1n) is 9.58. The van der Waals surface area contributed by atoms with Crippen LogP contribution >= 0.6 is 0 Å². The van der Waals surface area contributed by atoms with E-state index in [0.717, 1.165) is 31.6 Å². The molecule has 2 heteroatoms. The van der Waals surface area contributed by atoms with Gasteiger partial charge in [-0.2, -0.15) is 0 Å². The molecule has 0 aliphatic heterocycles. The third-order valence-corrected chi connectivity index (χ3v) is 7.78. The molecule has 0 radical (unpaired) electrons. The molecule has 0 unspecified atom stereocenters. The second kappa shape index (κ2) is 5.58. The summed E-state index contributed by atoms with van der Waals surface area (Å²) in [5.41, 5.74) is 1.57. The van der Waals surface area contributed by atoms with Gasteiger partial charge in [-0.3, -0.25) is 4.79 Å². The molecule has 4 aliphatic carbocycles. The molecule has 4 aliphatic rings. The molecule has 3 saturated carbocycles. The van der Waals surface area contributed by atoms with E-state index in [1.807, 2.05) is 6.08 Å². The van der Waals surface area contributed by atoms with Crippen molar-refractivity contribution in [3.8, 4) is 0 Å². The first-order valence-corrected chi connectivity index (χ1v) is 9.58. The summed E-state index contributed by atoms with van der Waals surface area (Å²) >= 11 is 0. The first-order chi connectivity index (χ1) is 11.0. The minimum atomic E-state index is -0.107. The van der Waals surface area contributed by atoms with Crippen molar-refractivity contribution in [1.29, 1.82) is 0 Å². The molecule has 3 fully saturated rings. The van der Waals surface area contributed by atoms with Crippen molar-refractivity contribution in [3.05, 3.63) is 23.8 Å².